The van der Waals surface area contributed by atoms with Crippen LogP contribution in [0.1, 0.15) is 44.7 Å². The predicted molar refractivity (Wildman–Crippen MR) is 125 cm³/mol. The molecule has 0 amide bonds. The van der Waals surface area contributed by atoms with Crippen LogP contribution in [0.5, 0.6) is 0 Å². The molecule has 0 radical (unpaired) electrons. The molecular formula is C25H31N5O2. The van der Waals surface area contributed by atoms with Gasteiger partial charge in [-0.2, -0.15) is 5.26 Å². The Morgan fingerprint density at radius 1 is 1.25 bits per heavy atom. The Balaban J connectivity index is 1.74. The maximum atomic E-state index is 12.8. The van der Waals surface area contributed by atoms with Crippen LogP contribution < -0.4 is 5.69 Å². The summed E-state index contributed by atoms with van der Waals surface area (Å²) in [6, 6.07) is 11.9. The van der Waals surface area contributed by atoms with E-state index in [4.69, 9.17) is 4.98 Å². The molecule has 7 nitrogen and oxygen atoms in total. The second kappa shape index (κ2) is 8.53. The molecule has 168 valence electrons. The van der Waals surface area contributed by atoms with Crippen LogP contribution in [-0.2, 0) is 20.1 Å². The zero-order chi connectivity index (χ0) is 23.0. The van der Waals surface area contributed by atoms with Crippen molar-refractivity contribution in [2.24, 2.45) is 12.5 Å². The van der Waals surface area contributed by atoms with Crippen LogP contribution in [0.3, 0.4) is 0 Å². The van der Waals surface area contributed by atoms with Crippen LogP contribution >= 0.6 is 0 Å². The number of piperidine rings is 1. The topological polar surface area (TPSA) is 87.1 Å². The summed E-state index contributed by atoms with van der Waals surface area (Å²) in [5.74, 6) is 0. The van der Waals surface area contributed by atoms with E-state index in [1.54, 1.807) is 16.2 Å². The maximum absolute atomic E-state index is 12.8. The number of imidazole rings is 1. The monoisotopic (exact) mass is 433 g/mol. The van der Waals surface area contributed by atoms with Gasteiger partial charge in [0.15, 0.2) is 5.65 Å². The molecule has 3 aromatic rings. The fourth-order valence-corrected chi connectivity index (χ4v) is 4.48. The first-order valence-electron chi connectivity index (χ1n) is 11.2. The van der Waals surface area contributed by atoms with Gasteiger partial charge in [-0.1, -0.05) is 26.8 Å². The number of rotatable bonds is 4. The standard InChI is InChI=1S/C25H31N5O2/c1-25(2,3)16-30-22-10-9-21(27-23(22)28(4)24(30)32)20-12-17(7-8-18(20)13-26)14-29-11-5-6-19(31)15-29/h7-10,12,19,31H,5-6,11,14-16H2,1-4H3. The average molecular weight is 434 g/mol. The van der Waals surface area contributed by atoms with Crippen LogP contribution in [0.15, 0.2) is 35.1 Å². The first-order chi connectivity index (χ1) is 15.2. The highest BCUT2D eigenvalue weighted by Gasteiger charge is 2.21. The lowest BCUT2D eigenvalue weighted by Gasteiger charge is -2.30. The average Bonchev–Trinajstić information content (AvgIpc) is 2.97. The van der Waals surface area contributed by atoms with Gasteiger partial charge in [-0.3, -0.25) is 14.0 Å². The number of nitrogens with zero attached hydrogens (tertiary/aromatic N) is 5. The van der Waals surface area contributed by atoms with E-state index in [0.717, 1.165) is 42.6 Å². The minimum absolute atomic E-state index is 0.0406. The molecule has 7 heteroatoms. The van der Waals surface area contributed by atoms with Crippen molar-refractivity contribution in [2.75, 3.05) is 13.1 Å². The number of fused-ring (bicyclic) bond motifs is 1. The van der Waals surface area contributed by atoms with Gasteiger partial charge in [0.25, 0.3) is 0 Å². The minimum atomic E-state index is -0.274. The fraction of sp³-hybridized carbons (Fsp3) is 0.480. The quantitative estimate of drug-likeness (QED) is 0.682. The number of nitriles is 1. The summed E-state index contributed by atoms with van der Waals surface area (Å²) in [5.41, 5.74) is 4.36. The molecule has 0 spiro atoms. The molecule has 1 fully saturated rings. The van der Waals surface area contributed by atoms with Gasteiger partial charge < -0.3 is 5.11 Å². The third-order valence-corrected chi connectivity index (χ3v) is 5.98. The molecule has 1 N–H and O–H groups in total. The van der Waals surface area contributed by atoms with Crippen LogP contribution in [0.4, 0.5) is 0 Å². The number of aliphatic hydroxyl groups excluding tert-OH is 1. The van der Waals surface area contributed by atoms with Crippen molar-refractivity contribution < 1.29 is 5.11 Å². The van der Waals surface area contributed by atoms with Crippen molar-refractivity contribution in [1.82, 2.24) is 19.0 Å². The Morgan fingerprint density at radius 2 is 2.03 bits per heavy atom. The molecule has 4 rings (SSSR count). The molecule has 32 heavy (non-hydrogen) atoms. The zero-order valence-corrected chi connectivity index (χ0v) is 19.3. The van der Waals surface area contributed by atoms with Gasteiger partial charge >= 0.3 is 5.69 Å². The third kappa shape index (κ3) is 4.47. The summed E-state index contributed by atoms with van der Waals surface area (Å²) >= 11 is 0. The second-order valence-corrected chi connectivity index (χ2v) is 10.1. The van der Waals surface area contributed by atoms with Gasteiger partial charge in [0, 0.05) is 32.2 Å². The summed E-state index contributed by atoms with van der Waals surface area (Å²) in [4.78, 5) is 19.9. The molecule has 1 saturated heterocycles. The normalized spacial score (nSPS) is 17.6. The Kier molecular flexibility index (Phi) is 5.93. The van der Waals surface area contributed by atoms with E-state index in [9.17, 15) is 15.2 Å². The molecule has 3 heterocycles. The van der Waals surface area contributed by atoms with Gasteiger partial charge in [0.05, 0.1) is 28.9 Å². The van der Waals surface area contributed by atoms with Crippen LogP contribution in [0.2, 0.25) is 0 Å². The number of aryl methyl sites for hydroxylation is 1. The highest BCUT2D eigenvalue weighted by atomic mass is 16.3. The minimum Gasteiger partial charge on any atom is -0.392 e. The lowest BCUT2D eigenvalue weighted by atomic mass is 9.97. The molecule has 0 aliphatic carbocycles. The van der Waals surface area contributed by atoms with Crippen molar-refractivity contribution in [1.29, 1.82) is 5.26 Å². The number of β-amino-alcohol motifs (C(OH)–C–C–N with tert-alkyl or cyclic N) is 1. The maximum Gasteiger partial charge on any atom is 0.330 e. The van der Waals surface area contributed by atoms with Crippen LogP contribution in [0.25, 0.3) is 22.4 Å². The largest absolute Gasteiger partial charge is 0.392 e. The number of aliphatic hydroxyl groups is 1. The predicted octanol–water partition coefficient (Wildman–Crippen LogP) is 3.28. The van der Waals surface area contributed by atoms with E-state index < -0.39 is 0 Å². The molecule has 0 saturated carbocycles. The van der Waals surface area contributed by atoms with Crippen molar-refractivity contribution in [3.05, 3.63) is 51.9 Å². The lowest BCUT2D eigenvalue weighted by Crippen LogP contribution is -2.37. The smallest absolute Gasteiger partial charge is 0.330 e. The summed E-state index contributed by atoms with van der Waals surface area (Å²) in [6.07, 6.45) is 1.57. The molecule has 1 aliphatic heterocycles. The lowest BCUT2D eigenvalue weighted by molar-refractivity contribution is 0.0668. The van der Waals surface area contributed by atoms with Crippen LogP contribution in [-0.4, -0.2) is 43.3 Å². The highest BCUT2D eigenvalue weighted by Crippen LogP contribution is 2.27. The molecule has 0 bridgehead atoms. The number of benzene rings is 1. The Hall–Kier alpha value is -2.95. The summed E-state index contributed by atoms with van der Waals surface area (Å²) in [7, 11) is 1.74. The fourth-order valence-electron chi connectivity index (χ4n) is 4.48. The van der Waals surface area contributed by atoms with E-state index in [-0.39, 0.29) is 17.2 Å². The Bertz CT molecular complexity index is 1240. The Morgan fingerprint density at radius 3 is 2.72 bits per heavy atom. The Labute approximate surface area is 188 Å². The summed E-state index contributed by atoms with van der Waals surface area (Å²) < 4.78 is 3.35. The summed E-state index contributed by atoms with van der Waals surface area (Å²) in [5, 5.41) is 19.7. The SMILES string of the molecule is Cn1c(=O)n(CC(C)(C)C)c2ccc(-c3cc(CN4CCCC(O)C4)ccc3C#N)nc21. The number of hydrogen-bond donors (Lipinski definition) is 1. The van der Waals surface area contributed by atoms with E-state index in [1.807, 2.05) is 30.3 Å². The van der Waals surface area contributed by atoms with E-state index >= 15 is 0 Å². The molecule has 1 unspecified atom stereocenters. The summed E-state index contributed by atoms with van der Waals surface area (Å²) in [6.45, 7) is 9.26. The van der Waals surface area contributed by atoms with Crippen molar-refractivity contribution in [3.63, 3.8) is 0 Å². The molecule has 1 aromatic carbocycles. The zero-order valence-electron chi connectivity index (χ0n) is 19.3. The van der Waals surface area contributed by atoms with E-state index in [1.165, 1.54) is 0 Å². The number of hydrogen-bond acceptors (Lipinski definition) is 5. The number of likely N-dealkylation sites (tertiary alicyclic amines) is 1. The van der Waals surface area contributed by atoms with Crippen molar-refractivity contribution in [3.8, 4) is 17.3 Å². The first kappa shape index (κ1) is 22.3. The van der Waals surface area contributed by atoms with E-state index in [0.29, 0.717) is 30.0 Å². The van der Waals surface area contributed by atoms with Crippen molar-refractivity contribution >= 4 is 11.2 Å². The van der Waals surface area contributed by atoms with Gasteiger partial charge in [0.1, 0.15) is 0 Å². The van der Waals surface area contributed by atoms with Gasteiger partial charge in [0.2, 0.25) is 0 Å². The van der Waals surface area contributed by atoms with E-state index in [2.05, 4.69) is 31.7 Å². The third-order valence-electron chi connectivity index (χ3n) is 5.98. The highest BCUT2D eigenvalue weighted by molar-refractivity contribution is 5.78. The van der Waals surface area contributed by atoms with Crippen molar-refractivity contribution in [2.45, 2.75) is 52.8 Å². The molecule has 1 atom stereocenters. The molecule has 2 aromatic heterocycles. The molecule has 1 aliphatic rings. The number of pyridine rings is 1. The first-order valence-corrected chi connectivity index (χ1v) is 11.2. The van der Waals surface area contributed by atoms with Crippen LogP contribution in [0, 0.1) is 16.7 Å². The van der Waals surface area contributed by atoms with Gasteiger partial charge in [-0.25, -0.2) is 9.78 Å². The molecular weight excluding hydrogens is 402 g/mol. The van der Waals surface area contributed by atoms with Gasteiger partial charge in [-0.15, -0.1) is 0 Å². The van der Waals surface area contributed by atoms with Gasteiger partial charge in [-0.05, 0) is 54.6 Å². The second-order valence-electron chi connectivity index (χ2n) is 10.1. The number of aromatic nitrogens is 3.